The van der Waals surface area contributed by atoms with E-state index in [4.69, 9.17) is 4.98 Å². The first kappa shape index (κ1) is 22.0. The third-order valence-corrected chi connectivity index (χ3v) is 7.71. The fourth-order valence-electron chi connectivity index (χ4n) is 6.14. The van der Waals surface area contributed by atoms with Crippen molar-refractivity contribution >= 4 is 17.4 Å². The maximum absolute atomic E-state index is 5.20. The summed E-state index contributed by atoms with van der Waals surface area (Å²) < 4.78 is 2.13. The van der Waals surface area contributed by atoms with E-state index in [1.54, 1.807) is 0 Å². The fraction of sp³-hybridized carbons (Fsp3) is 0.393. The van der Waals surface area contributed by atoms with Gasteiger partial charge < -0.3 is 10.2 Å². The molecule has 0 aliphatic carbocycles. The molecule has 1 aromatic carbocycles. The Balaban J connectivity index is 1.33. The van der Waals surface area contributed by atoms with E-state index < -0.39 is 0 Å². The summed E-state index contributed by atoms with van der Waals surface area (Å²) in [5.41, 5.74) is 4.11. The van der Waals surface area contributed by atoms with Crippen molar-refractivity contribution in [2.45, 2.75) is 64.3 Å². The molecule has 5 heterocycles. The Morgan fingerprint density at radius 3 is 2.60 bits per heavy atom. The summed E-state index contributed by atoms with van der Waals surface area (Å²) >= 11 is 0. The molecular formula is C28H33N7. The molecule has 4 atom stereocenters. The van der Waals surface area contributed by atoms with Gasteiger partial charge in [-0.2, -0.15) is 0 Å². The quantitative estimate of drug-likeness (QED) is 0.429. The Morgan fingerprint density at radius 1 is 1.00 bits per heavy atom. The molecule has 180 valence electrons. The maximum Gasteiger partial charge on any atom is 0.212 e. The van der Waals surface area contributed by atoms with E-state index in [0.29, 0.717) is 24.2 Å². The van der Waals surface area contributed by atoms with Gasteiger partial charge in [0.25, 0.3) is 0 Å². The summed E-state index contributed by atoms with van der Waals surface area (Å²) in [6, 6.07) is 18.9. The first-order valence-corrected chi connectivity index (χ1v) is 12.7. The summed E-state index contributed by atoms with van der Waals surface area (Å²) in [6.07, 6.45) is 6.94. The Labute approximate surface area is 206 Å². The van der Waals surface area contributed by atoms with Crippen LogP contribution in [-0.4, -0.2) is 55.0 Å². The van der Waals surface area contributed by atoms with Gasteiger partial charge >= 0.3 is 0 Å². The molecule has 0 radical (unpaired) electrons. The predicted octanol–water partition coefficient (Wildman–Crippen LogP) is 5.02. The van der Waals surface area contributed by atoms with E-state index >= 15 is 0 Å². The van der Waals surface area contributed by atoms with Gasteiger partial charge in [-0.05, 0) is 51.8 Å². The molecule has 1 unspecified atom stereocenters. The number of aromatic nitrogens is 4. The highest BCUT2D eigenvalue weighted by Crippen LogP contribution is 2.40. The van der Waals surface area contributed by atoms with Crippen LogP contribution >= 0.6 is 0 Å². The minimum atomic E-state index is 0.155. The molecule has 6 rings (SSSR count). The summed E-state index contributed by atoms with van der Waals surface area (Å²) in [7, 11) is 0. The molecular weight excluding hydrogens is 434 g/mol. The lowest BCUT2D eigenvalue weighted by Gasteiger charge is -2.42. The largest absolute Gasteiger partial charge is 0.364 e. The van der Waals surface area contributed by atoms with Crippen LogP contribution in [0.3, 0.4) is 0 Å². The van der Waals surface area contributed by atoms with Gasteiger partial charge in [0.05, 0.1) is 5.69 Å². The van der Waals surface area contributed by atoms with Crippen LogP contribution in [0.25, 0.3) is 16.9 Å². The van der Waals surface area contributed by atoms with E-state index in [2.05, 4.69) is 93.6 Å². The molecule has 1 N–H and O–H groups in total. The number of piperazine rings is 1. The van der Waals surface area contributed by atoms with Crippen LogP contribution in [0.5, 0.6) is 0 Å². The van der Waals surface area contributed by atoms with Crippen molar-refractivity contribution in [2.24, 2.45) is 0 Å². The average molecular weight is 468 g/mol. The van der Waals surface area contributed by atoms with Crippen molar-refractivity contribution in [3.05, 3.63) is 72.7 Å². The van der Waals surface area contributed by atoms with Crippen molar-refractivity contribution in [2.75, 3.05) is 16.8 Å². The SMILES string of the molecule is CC(C)N1C(C)[C@@H]2C[C@H]1CN2c1nc(-c2ccnc(N[C@@H](C)c3ccccc3)c2)cc2nccn12. The van der Waals surface area contributed by atoms with E-state index in [9.17, 15) is 0 Å². The summed E-state index contributed by atoms with van der Waals surface area (Å²) in [5.74, 6) is 1.83. The molecule has 2 aliphatic rings. The number of nitrogens with one attached hydrogen (secondary N) is 1. The summed E-state index contributed by atoms with van der Waals surface area (Å²) in [5, 5.41) is 3.54. The third kappa shape index (κ3) is 3.84. The number of likely N-dealkylation sites (tertiary alicyclic amines) is 1. The topological polar surface area (TPSA) is 61.6 Å². The summed E-state index contributed by atoms with van der Waals surface area (Å²) in [4.78, 5) is 19.6. The van der Waals surface area contributed by atoms with Crippen LogP contribution in [0.2, 0.25) is 0 Å². The fourth-order valence-corrected chi connectivity index (χ4v) is 6.14. The Bertz CT molecular complexity index is 1330. The van der Waals surface area contributed by atoms with Gasteiger partial charge in [-0.15, -0.1) is 0 Å². The third-order valence-electron chi connectivity index (χ3n) is 7.71. The normalized spacial score (nSPS) is 22.9. The molecule has 3 aromatic heterocycles. The molecule has 2 aliphatic heterocycles. The molecule has 7 nitrogen and oxygen atoms in total. The zero-order valence-corrected chi connectivity index (χ0v) is 20.8. The maximum atomic E-state index is 5.20. The minimum absolute atomic E-state index is 0.155. The van der Waals surface area contributed by atoms with E-state index in [0.717, 1.165) is 35.2 Å². The minimum Gasteiger partial charge on any atom is -0.364 e. The molecule has 0 saturated carbocycles. The first-order chi connectivity index (χ1) is 17.0. The van der Waals surface area contributed by atoms with Gasteiger partial charge in [-0.1, -0.05) is 30.3 Å². The monoisotopic (exact) mass is 467 g/mol. The lowest BCUT2D eigenvalue weighted by atomic mass is 10.1. The van der Waals surface area contributed by atoms with Crippen LogP contribution in [-0.2, 0) is 0 Å². The van der Waals surface area contributed by atoms with Crippen LogP contribution in [0.1, 0.15) is 45.7 Å². The predicted molar refractivity (Wildman–Crippen MR) is 141 cm³/mol. The van der Waals surface area contributed by atoms with Crippen LogP contribution in [0.15, 0.2) is 67.1 Å². The number of fused-ring (bicyclic) bond motifs is 3. The molecule has 2 bridgehead atoms. The van der Waals surface area contributed by atoms with Crippen molar-refractivity contribution in [1.82, 2.24) is 24.3 Å². The Hall–Kier alpha value is -3.45. The van der Waals surface area contributed by atoms with Crippen LogP contribution in [0.4, 0.5) is 11.8 Å². The van der Waals surface area contributed by atoms with Gasteiger partial charge in [0, 0.05) is 67.0 Å². The smallest absolute Gasteiger partial charge is 0.212 e. The zero-order valence-electron chi connectivity index (χ0n) is 20.8. The second kappa shape index (κ2) is 8.64. The van der Waals surface area contributed by atoms with Gasteiger partial charge in [-0.25, -0.2) is 15.0 Å². The molecule has 0 spiro atoms. The lowest BCUT2D eigenvalue weighted by Crippen LogP contribution is -2.54. The van der Waals surface area contributed by atoms with Gasteiger partial charge in [-0.3, -0.25) is 9.30 Å². The molecule has 35 heavy (non-hydrogen) atoms. The second-order valence-corrected chi connectivity index (χ2v) is 10.2. The highest BCUT2D eigenvalue weighted by atomic mass is 15.4. The Kier molecular flexibility index (Phi) is 5.44. The van der Waals surface area contributed by atoms with Crippen molar-refractivity contribution in [3.8, 4) is 11.3 Å². The Morgan fingerprint density at radius 2 is 1.83 bits per heavy atom. The number of pyridine rings is 1. The number of benzene rings is 1. The van der Waals surface area contributed by atoms with Crippen LogP contribution in [0, 0.1) is 0 Å². The van der Waals surface area contributed by atoms with E-state index in [1.807, 2.05) is 30.7 Å². The highest BCUT2D eigenvalue weighted by Gasteiger charge is 2.50. The number of anilines is 2. The molecule has 2 saturated heterocycles. The van der Waals surface area contributed by atoms with E-state index in [-0.39, 0.29) is 6.04 Å². The molecule has 4 aromatic rings. The van der Waals surface area contributed by atoms with Crippen molar-refractivity contribution in [1.29, 1.82) is 0 Å². The average Bonchev–Trinajstić information content (AvgIpc) is 3.58. The zero-order chi connectivity index (χ0) is 24.1. The van der Waals surface area contributed by atoms with E-state index in [1.165, 1.54) is 12.0 Å². The highest BCUT2D eigenvalue weighted by molar-refractivity contribution is 5.69. The summed E-state index contributed by atoms with van der Waals surface area (Å²) in [6.45, 7) is 10.1. The number of imidazole rings is 1. The number of hydrogen-bond donors (Lipinski definition) is 1. The second-order valence-electron chi connectivity index (χ2n) is 10.2. The van der Waals surface area contributed by atoms with Crippen LogP contribution < -0.4 is 10.2 Å². The molecule has 2 fully saturated rings. The number of nitrogens with zero attached hydrogens (tertiary/aromatic N) is 6. The van der Waals surface area contributed by atoms with Gasteiger partial charge in [0.15, 0.2) is 0 Å². The lowest BCUT2D eigenvalue weighted by molar-refractivity contribution is 0.137. The first-order valence-electron chi connectivity index (χ1n) is 12.7. The van der Waals surface area contributed by atoms with Crippen molar-refractivity contribution < 1.29 is 0 Å². The molecule has 0 amide bonds. The standard InChI is InChI=1S/C28H33N7/c1-18(2)35-20(4)25-15-23(35)17-34(25)28-32-24(16-27-30-12-13-33(27)28)22-10-11-29-26(14-22)31-19(3)21-8-6-5-7-9-21/h5-14,16,18-20,23,25H,15,17H2,1-4H3,(H,29,31)/t19-,20?,23-,25-/m0/s1. The number of hydrogen-bond acceptors (Lipinski definition) is 6. The van der Waals surface area contributed by atoms with Crippen molar-refractivity contribution in [3.63, 3.8) is 0 Å². The van der Waals surface area contributed by atoms with Gasteiger partial charge in [0.1, 0.15) is 11.5 Å². The number of rotatable bonds is 6. The van der Waals surface area contributed by atoms with Gasteiger partial charge in [0.2, 0.25) is 5.95 Å². The molecule has 7 heteroatoms.